The zero-order chi connectivity index (χ0) is 22.2. The lowest BCUT2D eigenvalue weighted by Gasteiger charge is -2.35. The lowest BCUT2D eigenvalue weighted by molar-refractivity contribution is 0.0599. The fraction of sp³-hybridized carbons (Fsp3) is 0.500. The van der Waals surface area contributed by atoms with E-state index in [1.807, 2.05) is 31.2 Å². The van der Waals surface area contributed by atoms with Crippen LogP contribution in [0.2, 0.25) is 0 Å². The minimum atomic E-state index is -3.37. The van der Waals surface area contributed by atoms with Crippen molar-refractivity contribution in [1.29, 1.82) is 0 Å². The summed E-state index contributed by atoms with van der Waals surface area (Å²) < 4.78 is 25.8. The molecule has 1 unspecified atom stereocenters. The third-order valence-corrected chi connectivity index (χ3v) is 8.02. The summed E-state index contributed by atoms with van der Waals surface area (Å²) >= 11 is 0. The van der Waals surface area contributed by atoms with Crippen molar-refractivity contribution in [3.05, 3.63) is 62.8 Å². The number of nitrogens with zero attached hydrogens (tertiary/aromatic N) is 3. The number of hydrogen-bond acceptors (Lipinski definition) is 5. The normalized spacial score (nSPS) is 19.8. The molecule has 0 radical (unpaired) electrons. The Kier molecular flexibility index (Phi) is 5.98. The van der Waals surface area contributed by atoms with Crippen molar-refractivity contribution in [3.8, 4) is 0 Å². The molecule has 166 valence electrons. The van der Waals surface area contributed by atoms with Crippen LogP contribution >= 0.6 is 0 Å². The molecule has 2 aliphatic heterocycles. The summed E-state index contributed by atoms with van der Waals surface area (Å²) in [5, 5.41) is 0. The van der Waals surface area contributed by atoms with Crippen molar-refractivity contribution in [2.45, 2.75) is 52.1 Å². The maximum Gasteiger partial charge on any atom is 0.255 e. The molecule has 1 saturated heterocycles. The van der Waals surface area contributed by atoms with Gasteiger partial charge in [0.05, 0.1) is 23.1 Å². The molecule has 4 rings (SSSR count). The van der Waals surface area contributed by atoms with E-state index in [2.05, 4.69) is 4.98 Å². The van der Waals surface area contributed by atoms with E-state index < -0.39 is 10.0 Å². The highest BCUT2D eigenvalue weighted by molar-refractivity contribution is 7.89. The van der Waals surface area contributed by atoms with Gasteiger partial charge in [-0.05, 0) is 45.2 Å². The Labute approximate surface area is 182 Å². The molecule has 31 heavy (non-hydrogen) atoms. The molecule has 1 atom stereocenters. The third-order valence-electron chi connectivity index (χ3n) is 6.19. The molecule has 2 aromatic rings. The molecule has 1 amide bonds. The molecule has 0 saturated carbocycles. The van der Waals surface area contributed by atoms with Gasteiger partial charge in [-0.25, -0.2) is 13.4 Å². The topological polar surface area (TPSA) is 103 Å². The van der Waals surface area contributed by atoms with Crippen LogP contribution in [0.15, 0.2) is 29.1 Å². The first-order chi connectivity index (χ1) is 14.8. The molecule has 1 fully saturated rings. The fourth-order valence-electron chi connectivity index (χ4n) is 4.32. The van der Waals surface area contributed by atoms with Crippen molar-refractivity contribution in [2.24, 2.45) is 0 Å². The molecule has 1 aromatic carbocycles. The number of aromatic amines is 1. The van der Waals surface area contributed by atoms with E-state index in [-0.39, 0.29) is 29.8 Å². The SMILES string of the molecule is CCS(=O)(=O)N1CCc2nc(C3CCCCN3C(=O)c3ccc(C)cc3)[nH]c(=O)c2C1. The molecule has 8 nitrogen and oxygen atoms in total. The van der Waals surface area contributed by atoms with E-state index in [0.29, 0.717) is 42.2 Å². The number of H-pyrrole nitrogens is 1. The number of fused-ring (bicyclic) bond motifs is 1. The Morgan fingerprint density at radius 3 is 2.65 bits per heavy atom. The number of sulfonamides is 1. The first-order valence-electron chi connectivity index (χ1n) is 10.8. The van der Waals surface area contributed by atoms with Gasteiger partial charge in [0.2, 0.25) is 10.0 Å². The molecule has 1 aromatic heterocycles. The molecule has 0 aliphatic carbocycles. The van der Waals surface area contributed by atoms with Crippen LogP contribution in [0.25, 0.3) is 0 Å². The fourth-order valence-corrected chi connectivity index (χ4v) is 5.38. The van der Waals surface area contributed by atoms with Crippen molar-refractivity contribution in [1.82, 2.24) is 19.2 Å². The first kappa shape index (κ1) is 21.7. The van der Waals surface area contributed by atoms with Crippen LogP contribution in [0.1, 0.15) is 65.2 Å². The first-order valence-corrected chi connectivity index (χ1v) is 12.4. The van der Waals surface area contributed by atoms with Gasteiger partial charge < -0.3 is 9.88 Å². The number of carbonyl (C=O) groups is 1. The molecular weight excluding hydrogens is 416 g/mol. The number of aryl methyl sites for hydroxylation is 1. The van der Waals surface area contributed by atoms with Crippen LogP contribution in [0.4, 0.5) is 0 Å². The number of carbonyl (C=O) groups excluding carboxylic acids is 1. The van der Waals surface area contributed by atoms with Crippen molar-refractivity contribution in [2.75, 3.05) is 18.8 Å². The van der Waals surface area contributed by atoms with Crippen LogP contribution in [0.3, 0.4) is 0 Å². The highest BCUT2D eigenvalue weighted by Gasteiger charge is 2.33. The second-order valence-corrected chi connectivity index (χ2v) is 10.5. The van der Waals surface area contributed by atoms with Gasteiger partial charge in [0.1, 0.15) is 5.82 Å². The van der Waals surface area contributed by atoms with Crippen LogP contribution in [0, 0.1) is 6.92 Å². The molecule has 1 N–H and O–H groups in total. The van der Waals surface area contributed by atoms with Crippen molar-refractivity contribution >= 4 is 15.9 Å². The summed E-state index contributed by atoms with van der Waals surface area (Å²) in [5.74, 6) is 0.435. The smallest absolute Gasteiger partial charge is 0.255 e. The number of rotatable bonds is 4. The maximum atomic E-state index is 13.2. The van der Waals surface area contributed by atoms with Crippen LogP contribution < -0.4 is 5.56 Å². The highest BCUT2D eigenvalue weighted by atomic mass is 32.2. The molecular formula is C22H28N4O4S. The summed E-state index contributed by atoms with van der Waals surface area (Å²) in [4.78, 5) is 35.4. The van der Waals surface area contributed by atoms with E-state index in [1.165, 1.54) is 4.31 Å². The molecule has 2 aliphatic rings. The van der Waals surface area contributed by atoms with E-state index >= 15 is 0 Å². The number of hydrogen-bond donors (Lipinski definition) is 1. The van der Waals surface area contributed by atoms with Gasteiger partial charge in [0.15, 0.2) is 0 Å². The highest BCUT2D eigenvalue weighted by Crippen LogP contribution is 2.31. The minimum absolute atomic E-state index is 0.00388. The number of aromatic nitrogens is 2. The summed E-state index contributed by atoms with van der Waals surface area (Å²) in [6.45, 7) is 4.55. The van der Waals surface area contributed by atoms with Crippen molar-refractivity contribution < 1.29 is 13.2 Å². The predicted octanol–water partition coefficient (Wildman–Crippen LogP) is 2.15. The van der Waals surface area contributed by atoms with Crippen LogP contribution in [-0.2, 0) is 23.0 Å². The molecule has 3 heterocycles. The number of nitrogens with one attached hydrogen (secondary N) is 1. The van der Waals surface area contributed by atoms with Crippen LogP contribution in [-0.4, -0.2) is 52.3 Å². The van der Waals surface area contributed by atoms with Gasteiger partial charge in [0, 0.05) is 31.6 Å². The standard InChI is InChI=1S/C22H28N4O4S/c1-3-31(29,30)25-13-11-18-17(14-25)21(27)24-20(23-18)19-6-4-5-12-26(19)22(28)16-9-7-15(2)8-10-16/h7-10,19H,3-6,11-14H2,1-2H3,(H,23,24,27). The van der Waals surface area contributed by atoms with Gasteiger partial charge in [-0.3, -0.25) is 9.59 Å². The van der Waals surface area contributed by atoms with Crippen molar-refractivity contribution in [3.63, 3.8) is 0 Å². The summed E-state index contributed by atoms with van der Waals surface area (Å²) in [6.07, 6.45) is 2.98. The zero-order valence-corrected chi connectivity index (χ0v) is 18.7. The maximum absolute atomic E-state index is 13.2. The third kappa shape index (κ3) is 4.29. The van der Waals surface area contributed by atoms with Gasteiger partial charge in [0.25, 0.3) is 11.5 Å². The van der Waals surface area contributed by atoms with Crippen LogP contribution in [0.5, 0.6) is 0 Å². The second kappa shape index (κ2) is 8.55. The molecule has 0 bridgehead atoms. The van der Waals surface area contributed by atoms with E-state index in [4.69, 9.17) is 4.98 Å². The Morgan fingerprint density at radius 2 is 1.94 bits per heavy atom. The second-order valence-electron chi connectivity index (χ2n) is 8.24. The van der Waals surface area contributed by atoms with E-state index in [1.54, 1.807) is 11.8 Å². The number of amides is 1. The van der Waals surface area contributed by atoms with E-state index in [9.17, 15) is 18.0 Å². The Morgan fingerprint density at radius 1 is 1.19 bits per heavy atom. The van der Waals surface area contributed by atoms with E-state index in [0.717, 1.165) is 24.8 Å². The number of piperidine rings is 1. The minimum Gasteiger partial charge on any atom is -0.328 e. The summed E-state index contributed by atoms with van der Waals surface area (Å²) in [6, 6.07) is 7.20. The zero-order valence-electron chi connectivity index (χ0n) is 17.9. The Bertz CT molecular complexity index is 1140. The predicted molar refractivity (Wildman–Crippen MR) is 117 cm³/mol. The number of likely N-dealkylation sites (tertiary alicyclic amines) is 1. The summed E-state index contributed by atoms with van der Waals surface area (Å²) in [7, 11) is -3.37. The van der Waals surface area contributed by atoms with Gasteiger partial charge in [-0.1, -0.05) is 17.7 Å². The average Bonchev–Trinajstić information content (AvgIpc) is 2.78. The van der Waals surface area contributed by atoms with Gasteiger partial charge >= 0.3 is 0 Å². The molecule has 9 heteroatoms. The average molecular weight is 445 g/mol. The number of benzene rings is 1. The summed E-state index contributed by atoms with van der Waals surface area (Å²) in [5.41, 5.74) is 2.43. The Hall–Kier alpha value is -2.52. The Balaban J connectivity index is 1.64. The largest absolute Gasteiger partial charge is 0.328 e. The molecule has 0 spiro atoms. The quantitative estimate of drug-likeness (QED) is 0.778. The lowest BCUT2D eigenvalue weighted by atomic mass is 9.99. The lowest BCUT2D eigenvalue weighted by Crippen LogP contribution is -2.43. The monoisotopic (exact) mass is 444 g/mol. The van der Waals surface area contributed by atoms with Gasteiger partial charge in [-0.15, -0.1) is 0 Å². The van der Waals surface area contributed by atoms with Gasteiger partial charge in [-0.2, -0.15) is 4.31 Å².